The van der Waals surface area contributed by atoms with Crippen molar-refractivity contribution in [1.29, 1.82) is 5.41 Å². The summed E-state index contributed by atoms with van der Waals surface area (Å²) in [5.74, 6) is 1.74. The molecule has 0 atom stereocenters. The summed E-state index contributed by atoms with van der Waals surface area (Å²) in [5.41, 5.74) is 1.01. The standard InChI is InChI=1S/C15H18N4O2/c1-9(16)13-14(17-10(2)18-15(13)20)19(3)11-5-7-12(21-4)8-6-11/h5-8,16H,1-4H3,(H,17,18,20). The van der Waals surface area contributed by atoms with Crippen molar-refractivity contribution in [3.63, 3.8) is 0 Å². The van der Waals surface area contributed by atoms with Crippen molar-refractivity contribution in [2.45, 2.75) is 13.8 Å². The number of H-pyrrole nitrogens is 1. The van der Waals surface area contributed by atoms with Crippen molar-refractivity contribution in [3.05, 3.63) is 46.0 Å². The van der Waals surface area contributed by atoms with Crippen LogP contribution in [0.2, 0.25) is 0 Å². The number of benzene rings is 1. The Morgan fingerprint density at radius 2 is 1.95 bits per heavy atom. The smallest absolute Gasteiger partial charge is 0.262 e. The number of aromatic nitrogens is 2. The number of nitrogens with zero attached hydrogens (tertiary/aromatic N) is 2. The number of aromatic amines is 1. The van der Waals surface area contributed by atoms with E-state index < -0.39 is 0 Å². The highest BCUT2D eigenvalue weighted by Crippen LogP contribution is 2.25. The highest BCUT2D eigenvalue weighted by Gasteiger charge is 2.17. The number of methoxy groups -OCH3 is 1. The molecule has 1 heterocycles. The fraction of sp³-hybridized carbons (Fsp3) is 0.267. The molecule has 21 heavy (non-hydrogen) atoms. The molecule has 0 bridgehead atoms. The molecule has 6 heteroatoms. The van der Waals surface area contributed by atoms with Gasteiger partial charge in [-0.25, -0.2) is 4.98 Å². The van der Waals surface area contributed by atoms with Gasteiger partial charge in [0.05, 0.1) is 7.11 Å². The van der Waals surface area contributed by atoms with E-state index in [0.717, 1.165) is 11.4 Å². The number of anilines is 2. The third kappa shape index (κ3) is 2.94. The highest BCUT2D eigenvalue weighted by atomic mass is 16.5. The van der Waals surface area contributed by atoms with E-state index in [1.54, 1.807) is 25.9 Å². The van der Waals surface area contributed by atoms with E-state index in [2.05, 4.69) is 9.97 Å². The van der Waals surface area contributed by atoms with Crippen molar-refractivity contribution in [1.82, 2.24) is 9.97 Å². The van der Waals surface area contributed by atoms with Gasteiger partial charge in [-0.1, -0.05) is 0 Å². The Kier molecular flexibility index (Phi) is 4.07. The second-order valence-electron chi connectivity index (χ2n) is 4.73. The summed E-state index contributed by atoms with van der Waals surface area (Å²) in [4.78, 5) is 20.8. The zero-order valence-electron chi connectivity index (χ0n) is 12.5. The first-order chi connectivity index (χ1) is 9.93. The molecule has 0 amide bonds. The molecule has 0 aliphatic carbocycles. The Bertz CT molecular complexity index is 719. The quantitative estimate of drug-likeness (QED) is 0.844. The number of hydrogen-bond donors (Lipinski definition) is 2. The number of hydrogen-bond acceptors (Lipinski definition) is 5. The number of rotatable bonds is 4. The first-order valence-corrected chi connectivity index (χ1v) is 6.48. The third-order valence-corrected chi connectivity index (χ3v) is 3.17. The Morgan fingerprint density at radius 3 is 2.48 bits per heavy atom. The summed E-state index contributed by atoms with van der Waals surface area (Å²) in [6.45, 7) is 3.29. The van der Waals surface area contributed by atoms with Gasteiger partial charge >= 0.3 is 0 Å². The first kappa shape index (κ1) is 14.8. The molecule has 0 saturated carbocycles. The number of nitrogens with one attached hydrogen (secondary N) is 2. The number of aryl methyl sites for hydroxylation is 1. The Morgan fingerprint density at radius 1 is 1.33 bits per heavy atom. The first-order valence-electron chi connectivity index (χ1n) is 6.48. The van der Waals surface area contributed by atoms with Gasteiger partial charge < -0.3 is 20.0 Å². The molecular weight excluding hydrogens is 268 g/mol. The highest BCUT2D eigenvalue weighted by molar-refractivity contribution is 6.00. The molecule has 110 valence electrons. The van der Waals surface area contributed by atoms with Gasteiger partial charge in [-0.05, 0) is 38.1 Å². The maximum atomic E-state index is 12.1. The van der Waals surface area contributed by atoms with Gasteiger partial charge in [0.2, 0.25) is 0 Å². The average molecular weight is 286 g/mol. The summed E-state index contributed by atoms with van der Waals surface area (Å²) >= 11 is 0. The van der Waals surface area contributed by atoms with Gasteiger partial charge in [0.1, 0.15) is 23.0 Å². The van der Waals surface area contributed by atoms with Crippen molar-refractivity contribution in [3.8, 4) is 5.75 Å². The van der Waals surface area contributed by atoms with Gasteiger partial charge in [0.25, 0.3) is 5.56 Å². The summed E-state index contributed by atoms with van der Waals surface area (Å²) in [6.07, 6.45) is 0. The zero-order valence-corrected chi connectivity index (χ0v) is 12.5. The van der Waals surface area contributed by atoms with E-state index in [1.807, 2.05) is 31.3 Å². The molecule has 2 N–H and O–H groups in total. The van der Waals surface area contributed by atoms with Crippen molar-refractivity contribution in [2.24, 2.45) is 0 Å². The van der Waals surface area contributed by atoms with Gasteiger partial charge in [-0.2, -0.15) is 0 Å². The molecule has 1 aromatic carbocycles. The van der Waals surface area contributed by atoms with Crippen LogP contribution in [0.3, 0.4) is 0 Å². The lowest BCUT2D eigenvalue weighted by atomic mass is 10.2. The molecule has 0 aliphatic heterocycles. The Balaban J connectivity index is 2.53. The van der Waals surface area contributed by atoms with Crippen LogP contribution in [0.4, 0.5) is 11.5 Å². The summed E-state index contributed by atoms with van der Waals surface area (Å²) in [7, 11) is 3.42. The summed E-state index contributed by atoms with van der Waals surface area (Å²) in [6, 6.07) is 7.42. The fourth-order valence-electron chi connectivity index (χ4n) is 2.08. The Labute approximate surface area is 122 Å². The fourth-order valence-corrected chi connectivity index (χ4v) is 2.08. The number of ether oxygens (including phenoxy) is 1. The lowest BCUT2D eigenvalue weighted by molar-refractivity contribution is 0.415. The topological polar surface area (TPSA) is 82.1 Å². The predicted octanol–water partition coefficient (Wildman–Crippen LogP) is 2.24. The van der Waals surface area contributed by atoms with Crippen LogP contribution in [0, 0.1) is 12.3 Å². The molecule has 0 unspecified atom stereocenters. The van der Waals surface area contributed by atoms with E-state index in [1.165, 1.54) is 0 Å². The monoisotopic (exact) mass is 286 g/mol. The second kappa shape index (κ2) is 5.78. The van der Waals surface area contributed by atoms with E-state index in [9.17, 15) is 4.79 Å². The molecule has 2 rings (SSSR count). The molecular formula is C15H18N4O2. The predicted molar refractivity (Wildman–Crippen MR) is 83.2 cm³/mol. The molecule has 1 aromatic heterocycles. The lowest BCUT2D eigenvalue weighted by Crippen LogP contribution is -2.25. The van der Waals surface area contributed by atoms with E-state index in [0.29, 0.717) is 11.6 Å². The van der Waals surface area contributed by atoms with Crippen molar-refractivity contribution in [2.75, 3.05) is 19.1 Å². The summed E-state index contributed by atoms with van der Waals surface area (Å²) < 4.78 is 5.13. The van der Waals surface area contributed by atoms with Crippen LogP contribution in [-0.4, -0.2) is 29.8 Å². The minimum absolute atomic E-state index is 0.180. The zero-order chi connectivity index (χ0) is 15.6. The average Bonchev–Trinajstić information content (AvgIpc) is 2.45. The molecule has 0 fully saturated rings. The maximum absolute atomic E-state index is 12.1. The Hall–Kier alpha value is -2.63. The van der Waals surface area contributed by atoms with Crippen LogP contribution < -0.4 is 15.2 Å². The minimum atomic E-state index is -0.301. The molecule has 2 aromatic rings. The van der Waals surface area contributed by atoms with Gasteiger partial charge in [-0.3, -0.25) is 4.79 Å². The minimum Gasteiger partial charge on any atom is -0.497 e. The van der Waals surface area contributed by atoms with Crippen LogP contribution in [-0.2, 0) is 0 Å². The SMILES string of the molecule is COc1ccc(N(C)c2nc(C)[nH]c(=O)c2C(C)=N)cc1. The van der Waals surface area contributed by atoms with Crippen molar-refractivity contribution >= 4 is 17.2 Å². The van der Waals surface area contributed by atoms with Gasteiger partial charge in [-0.15, -0.1) is 0 Å². The molecule has 0 spiro atoms. The maximum Gasteiger partial charge on any atom is 0.262 e. The van der Waals surface area contributed by atoms with Gasteiger partial charge in [0, 0.05) is 18.4 Å². The van der Waals surface area contributed by atoms with E-state index in [-0.39, 0.29) is 16.8 Å². The van der Waals surface area contributed by atoms with Gasteiger partial charge in [0.15, 0.2) is 0 Å². The van der Waals surface area contributed by atoms with Crippen LogP contribution >= 0.6 is 0 Å². The van der Waals surface area contributed by atoms with E-state index >= 15 is 0 Å². The lowest BCUT2D eigenvalue weighted by Gasteiger charge is -2.21. The molecule has 0 saturated heterocycles. The third-order valence-electron chi connectivity index (χ3n) is 3.17. The van der Waals surface area contributed by atoms with Crippen molar-refractivity contribution < 1.29 is 4.74 Å². The van der Waals surface area contributed by atoms with Crippen LogP contribution in [0.5, 0.6) is 5.75 Å². The van der Waals surface area contributed by atoms with Crippen LogP contribution in [0.25, 0.3) is 0 Å². The second-order valence-corrected chi connectivity index (χ2v) is 4.73. The largest absolute Gasteiger partial charge is 0.497 e. The normalized spacial score (nSPS) is 10.3. The molecule has 6 nitrogen and oxygen atoms in total. The molecule has 0 aliphatic rings. The molecule has 0 radical (unpaired) electrons. The van der Waals surface area contributed by atoms with Crippen LogP contribution in [0.15, 0.2) is 29.1 Å². The van der Waals surface area contributed by atoms with E-state index in [4.69, 9.17) is 10.1 Å². The van der Waals surface area contributed by atoms with Crippen LogP contribution in [0.1, 0.15) is 18.3 Å². The summed E-state index contributed by atoms with van der Waals surface area (Å²) in [5, 5.41) is 7.80.